The maximum atomic E-state index is 11.7. The van der Waals surface area contributed by atoms with Crippen molar-refractivity contribution in [3.63, 3.8) is 0 Å². The Balaban J connectivity index is 1.99. The Labute approximate surface area is 134 Å². The van der Waals surface area contributed by atoms with Gasteiger partial charge in [0.05, 0.1) is 12.8 Å². The van der Waals surface area contributed by atoms with Gasteiger partial charge in [0.1, 0.15) is 24.9 Å². The van der Waals surface area contributed by atoms with Crippen molar-refractivity contribution in [2.24, 2.45) is 0 Å². The fraction of sp³-hybridized carbons (Fsp3) is 0.538. The molecule has 2 rings (SSSR count). The van der Waals surface area contributed by atoms with E-state index in [0.29, 0.717) is 0 Å². The van der Waals surface area contributed by atoms with E-state index in [1.807, 2.05) is 4.98 Å². The van der Waals surface area contributed by atoms with Crippen molar-refractivity contribution in [2.75, 3.05) is 6.61 Å². The number of carbonyl (C=O) groups excluding carboxylic acids is 1. The number of hydrogen-bond donors (Lipinski definition) is 4. The molecule has 1 aliphatic rings. The van der Waals surface area contributed by atoms with Gasteiger partial charge in [0, 0.05) is 12.3 Å². The van der Waals surface area contributed by atoms with Crippen LogP contribution in [0.3, 0.4) is 0 Å². The van der Waals surface area contributed by atoms with Gasteiger partial charge in [0.15, 0.2) is 6.23 Å². The number of carboxylic acid groups (broad SMARTS) is 1. The molecular formula is C13H16N2O9. The number of rotatable bonds is 6. The zero-order valence-electron chi connectivity index (χ0n) is 12.3. The quantitative estimate of drug-likeness (QED) is 0.410. The largest absolute Gasteiger partial charge is 0.481 e. The van der Waals surface area contributed by atoms with Gasteiger partial charge < -0.3 is 24.8 Å². The zero-order valence-corrected chi connectivity index (χ0v) is 12.3. The van der Waals surface area contributed by atoms with Crippen molar-refractivity contribution in [3.8, 4) is 0 Å². The van der Waals surface area contributed by atoms with Crippen LogP contribution >= 0.6 is 0 Å². The fourth-order valence-corrected chi connectivity index (χ4v) is 2.18. The molecule has 1 fully saturated rings. The topological polar surface area (TPSA) is 168 Å². The molecule has 132 valence electrons. The number of hydrogen-bond acceptors (Lipinski definition) is 8. The normalized spacial score (nSPS) is 26.2. The van der Waals surface area contributed by atoms with Crippen LogP contribution in [0.2, 0.25) is 0 Å². The van der Waals surface area contributed by atoms with Crippen LogP contribution < -0.4 is 11.2 Å². The first-order valence-corrected chi connectivity index (χ1v) is 7.00. The molecule has 1 aliphatic heterocycles. The molecule has 0 radical (unpaired) electrons. The Morgan fingerprint density at radius 3 is 2.58 bits per heavy atom. The van der Waals surface area contributed by atoms with Crippen LogP contribution in [0.4, 0.5) is 0 Å². The number of ether oxygens (including phenoxy) is 2. The number of nitrogens with zero attached hydrogens (tertiary/aromatic N) is 1. The van der Waals surface area contributed by atoms with Crippen molar-refractivity contribution in [2.45, 2.75) is 37.4 Å². The minimum atomic E-state index is -1.49. The molecule has 0 bridgehead atoms. The first-order valence-electron chi connectivity index (χ1n) is 7.00. The van der Waals surface area contributed by atoms with Crippen LogP contribution in [-0.4, -0.2) is 61.7 Å². The van der Waals surface area contributed by atoms with Crippen LogP contribution in [0.5, 0.6) is 0 Å². The average Bonchev–Trinajstić information content (AvgIpc) is 2.79. The molecule has 11 heteroatoms. The van der Waals surface area contributed by atoms with Gasteiger partial charge in [-0.3, -0.25) is 23.9 Å². The second kappa shape index (κ2) is 7.38. The van der Waals surface area contributed by atoms with Crippen LogP contribution in [0.1, 0.15) is 19.1 Å². The molecule has 0 aromatic carbocycles. The van der Waals surface area contributed by atoms with Gasteiger partial charge in [-0.25, -0.2) is 4.79 Å². The number of aliphatic carboxylic acids is 1. The Kier molecular flexibility index (Phi) is 5.49. The average molecular weight is 344 g/mol. The lowest BCUT2D eigenvalue weighted by Crippen LogP contribution is -2.37. The highest BCUT2D eigenvalue weighted by Gasteiger charge is 2.44. The lowest BCUT2D eigenvalue weighted by Gasteiger charge is -2.16. The predicted octanol–water partition coefficient (Wildman–Crippen LogP) is -2.44. The van der Waals surface area contributed by atoms with Gasteiger partial charge in [-0.2, -0.15) is 0 Å². The number of aliphatic hydroxyl groups is 2. The maximum Gasteiger partial charge on any atom is 0.330 e. The molecular weight excluding hydrogens is 328 g/mol. The number of carbonyl (C=O) groups is 2. The van der Waals surface area contributed by atoms with E-state index in [1.165, 1.54) is 0 Å². The van der Waals surface area contributed by atoms with E-state index >= 15 is 0 Å². The first-order chi connectivity index (χ1) is 11.3. The van der Waals surface area contributed by atoms with Gasteiger partial charge in [-0.1, -0.05) is 0 Å². The zero-order chi connectivity index (χ0) is 17.9. The third-order valence-electron chi connectivity index (χ3n) is 3.41. The van der Waals surface area contributed by atoms with Crippen LogP contribution in [0.15, 0.2) is 21.9 Å². The summed E-state index contributed by atoms with van der Waals surface area (Å²) in [5, 5.41) is 28.4. The molecule has 0 spiro atoms. The minimum absolute atomic E-state index is 0.344. The van der Waals surface area contributed by atoms with Gasteiger partial charge in [-0.15, -0.1) is 0 Å². The van der Waals surface area contributed by atoms with Crippen molar-refractivity contribution in [1.29, 1.82) is 0 Å². The highest BCUT2D eigenvalue weighted by Crippen LogP contribution is 2.28. The second-order valence-electron chi connectivity index (χ2n) is 5.14. The van der Waals surface area contributed by atoms with E-state index in [2.05, 4.69) is 0 Å². The standard InChI is InChI=1S/C13H16N2O9/c16-7-3-4-15(13(22)14-7)12-11(21)10(20)6(24-12)5-23-9(19)2-1-8(17)18/h3-4,6,10-12,20-21H,1-2,5H2,(H,17,18)(H,14,16,22)/t6-,10-,11-,12-/m1/s1. The first kappa shape index (κ1) is 17.8. The fourth-order valence-electron chi connectivity index (χ4n) is 2.18. The SMILES string of the molecule is O=C(O)CCC(=O)OC[C@H]1O[C@@H](n2ccc(=O)[nH]c2=O)[C@H](O)[C@@H]1O. The summed E-state index contributed by atoms with van der Waals surface area (Å²) in [4.78, 5) is 46.4. The lowest BCUT2D eigenvalue weighted by molar-refractivity contribution is -0.152. The van der Waals surface area contributed by atoms with E-state index in [9.17, 15) is 29.4 Å². The van der Waals surface area contributed by atoms with Crippen molar-refractivity contribution in [1.82, 2.24) is 9.55 Å². The second-order valence-corrected chi connectivity index (χ2v) is 5.14. The third-order valence-corrected chi connectivity index (χ3v) is 3.41. The van der Waals surface area contributed by atoms with Crippen molar-refractivity contribution in [3.05, 3.63) is 33.1 Å². The van der Waals surface area contributed by atoms with E-state index < -0.39 is 60.8 Å². The summed E-state index contributed by atoms with van der Waals surface area (Å²) in [7, 11) is 0. The van der Waals surface area contributed by atoms with Gasteiger partial charge in [-0.05, 0) is 0 Å². The summed E-state index contributed by atoms with van der Waals surface area (Å²) in [6, 6.07) is 1.04. The third kappa shape index (κ3) is 4.07. The number of carboxylic acids is 1. The summed E-state index contributed by atoms with van der Waals surface area (Å²) in [6.07, 6.45) is -4.96. The summed E-state index contributed by atoms with van der Waals surface area (Å²) in [6.45, 7) is -0.425. The number of aliphatic hydroxyl groups excluding tert-OH is 2. The smallest absolute Gasteiger partial charge is 0.330 e. The lowest BCUT2D eigenvalue weighted by atomic mass is 10.1. The van der Waals surface area contributed by atoms with E-state index in [0.717, 1.165) is 16.8 Å². The van der Waals surface area contributed by atoms with E-state index in [4.69, 9.17) is 14.6 Å². The molecule has 1 saturated heterocycles. The Bertz CT molecular complexity index is 725. The molecule has 0 unspecified atom stereocenters. The summed E-state index contributed by atoms with van der Waals surface area (Å²) in [5.41, 5.74) is -1.47. The van der Waals surface area contributed by atoms with Gasteiger partial charge in [0.2, 0.25) is 0 Å². The highest BCUT2D eigenvalue weighted by molar-refractivity contribution is 5.76. The van der Waals surface area contributed by atoms with Crippen LogP contribution in [-0.2, 0) is 19.1 Å². The predicted molar refractivity (Wildman–Crippen MR) is 75.1 cm³/mol. The monoisotopic (exact) mass is 344 g/mol. The van der Waals surface area contributed by atoms with Crippen molar-refractivity contribution < 1.29 is 34.4 Å². The highest BCUT2D eigenvalue weighted by atomic mass is 16.6. The number of nitrogens with one attached hydrogen (secondary N) is 1. The minimum Gasteiger partial charge on any atom is -0.481 e. The molecule has 4 N–H and O–H groups in total. The molecule has 0 aliphatic carbocycles. The molecule has 0 saturated carbocycles. The maximum absolute atomic E-state index is 11.7. The van der Waals surface area contributed by atoms with Crippen molar-refractivity contribution >= 4 is 11.9 Å². The summed E-state index contributed by atoms with van der Waals surface area (Å²) < 4.78 is 11.0. The molecule has 1 aromatic heterocycles. The molecule has 1 aromatic rings. The Morgan fingerprint density at radius 2 is 1.96 bits per heavy atom. The van der Waals surface area contributed by atoms with E-state index in [-0.39, 0.29) is 6.42 Å². The number of esters is 1. The number of aromatic amines is 1. The van der Waals surface area contributed by atoms with Crippen LogP contribution in [0.25, 0.3) is 0 Å². The summed E-state index contributed by atoms with van der Waals surface area (Å²) in [5.74, 6) is -1.95. The van der Waals surface area contributed by atoms with E-state index in [1.54, 1.807) is 0 Å². The Hall–Kier alpha value is -2.50. The molecule has 4 atom stereocenters. The number of H-pyrrole nitrogens is 1. The van der Waals surface area contributed by atoms with Gasteiger partial charge in [0.25, 0.3) is 5.56 Å². The molecule has 2 heterocycles. The van der Waals surface area contributed by atoms with Gasteiger partial charge >= 0.3 is 17.6 Å². The number of aromatic nitrogens is 2. The molecule has 24 heavy (non-hydrogen) atoms. The Morgan fingerprint density at radius 1 is 1.25 bits per heavy atom. The molecule has 0 amide bonds. The summed E-state index contributed by atoms with van der Waals surface area (Å²) >= 11 is 0. The van der Waals surface area contributed by atoms with Crippen LogP contribution in [0, 0.1) is 0 Å². The molecule has 11 nitrogen and oxygen atoms in total.